The zero-order chi connectivity index (χ0) is 27.7. The average molecular weight is 520 g/mol. The van der Waals surface area contributed by atoms with Gasteiger partial charge in [0.25, 0.3) is 5.91 Å². The summed E-state index contributed by atoms with van der Waals surface area (Å²) in [6, 6.07) is 8.81. The van der Waals surface area contributed by atoms with Gasteiger partial charge >= 0.3 is 12.2 Å². The zero-order valence-corrected chi connectivity index (χ0v) is 22.6. The Labute approximate surface area is 221 Å². The maximum absolute atomic E-state index is 13.2. The molecule has 1 N–H and O–H groups in total. The van der Waals surface area contributed by atoms with E-state index in [9.17, 15) is 14.4 Å². The lowest BCUT2D eigenvalue weighted by Crippen LogP contribution is -2.39. The summed E-state index contributed by atoms with van der Waals surface area (Å²) >= 11 is 0. The SMILES string of the molecule is CC(C)(C)OC(=O)N1CC=C(c2ccc3c(c2)c(C(=O)Nc2ccncc2)nn3C(=O)OC(C)(C)C)CC1. The van der Waals surface area contributed by atoms with Gasteiger partial charge in [0, 0.05) is 36.6 Å². The Morgan fingerprint density at radius 1 is 0.921 bits per heavy atom. The van der Waals surface area contributed by atoms with Crippen molar-refractivity contribution in [2.45, 2.75) is 59.2 Å². The Hall–Kier alpha value is -4.21. The number of anilines is 1. The number of carbonyl (C=O) groups is 3. The summed E-state index contributed by atoms with van der Waals surface area (Å²) < 4.78 is 12.1. The summed E-state index contributed by atoms with van der Waals surface area (Å²) in [5, 5.41) is 7.67. The van der Waals surface area contributed by atoms with E-state index in [-0.39, 0.29) is 11.8 Å². The molecule has 0 fully saturated rings. The molecule has 3 heterocycles. The first-order valence-electron chi connectivity index (χ1n) is 12.5. The molecule has 0 saturated heterocycles. The van der Waals surface area contributed by atoms with Crippen molar-refractivity contribution in [2.75, 3.05) is 18.4 Å². The molecule has 2 amide bonds. The van der Waals surface area contributed by atoms with E-state index in [0.29, 0.717) is 36.1 Å². The fourth-order valence-electron chi connectivity index (χ4n) is 3.98. The first-order chi connectivity index (χ1) is 17.8. The average Bonchev–Trinajstić information content (AvgIpc) is 3.22. The third kappa shape index (κ3) is 6.37. The molecule has 38 heavy (non-hydrogen) atoms. The summed E-state index contributed by atoms with van der Waals surface area (Å²) in [5.74, 6) is -0.464. The van der Waals surface area contributed by atoms with Gasteiger partial charge in [0.1, 0.15) is 11.2 Å². The van der Waals surface area contributed by atoms with Crippen molar-refractivity contribution < 1.29 is 23.9 Å². The van der Waals surface area contributed by atoms with Crippen LogP contribution in [0.25, 0.3) is 16.5 Å². The molecule has 10 nitrogen and oxygen atoms in total. The second kappa shape index (κ2) is 10.3. The third-order valence-corrected chi connectivity index (χ3v) is 5.63. The Morgan fingerprint density at radius 3 is 2.18 bits per heavy atom. The molecule has 4 rings (SSSR count). The van der Waals surface area contributed by atoms with Crippen LogP contribution in [0.4, 0.5) is 15.3 Å². The maximum Gasteiger partial charge on any atom is 0.435 e. The molecule has 200 valence electrons. The molecule has 0 aliphatic carbocycles. The van der Waals surface area contributed by atoms with Crippen LogP contribution in [-0.4, -0.2) is 62.0 Å². The number of benzene rings is 1. The van der Waals surface area contributed by atoms with Crippen molar-refractivity contribution in [3.05, 3.63) is 60.1 Å². The van der Waals surface area contributed by atoms with E-state index >= 15 is 0 Å². The highest BCUT2D eigenvalue weighted by Crippen LogP contribution is 2.29. The molecule has 3 aromatic rings. The zero-order valence-electron chi connectivity index (χ0n) is 22.6. The number of nitrogens with one attached hydrogen (secondary N) is 1. The van der Waals surface area contributed by atoms with Crippen LogP contribution in [0.5, 0.6) is 0 Å². The molecule has 2 aromatic heterocycles. The van der Waals surface area contributed by atoms with Crippen molar-refractivity contribution in [1.82, 2.24) is 19.7 Å². The molecule has 0 saturated carbocycles. The van der Waals surface area contributed by atoms with E-state index in [1.54, 1.807) is 56.3 Å². The molecule has 0 bridgehead atoms. The highest BCUT2D eigenvalue weighted by molar-refractivity contribution is 6.12. The number of ether oxygens (including phenoxy) is 2. The Morgan fingerprint density at radius 2 is 1.58 bits per heavy atom. The normalized spacial score (nSPS) is 14.2. The van der Waals surface area contributed by atoms with Crippen molar-refractivity contribution >= 4 is 40.3 Å². The van der Waals surface area contributed by atoms with E-state index in [4.69, 9.17) is 9.47 Å². The number of fused-ring (bicyclic) bond motifs is 1. The smallest absolute Gasteiger partial charge is 0.435 e. The largest absolute Gasteiger partial charge is 0.444 e. The number of amides is 2. The first kappa shape index (κ1) is 26.8. The summed E-state index contributed by atoms with van der Waals surface area (Å²) in [6.45, 7) is 11.7. The fraction of sp³-hybridized carbons (Fsp3) is 0.393. The van der Waals surface area contributed by atoms with E-state index in [2.05, 4.69) is 15.4 Å². The predicted molar refractivity (Wildman–Crippen MR) is 144 cm³/mol. The number of rotatable bonds is 3. The molecule has 0 atom stereocenters. The van der Waals surface area contributed by atoms with Gasteiger partial charge in [-0.05, 0) is 83.4 Å². The molecular formula is C28H33N5O5. The van der Waals surface area contributed by atoms with Gasteiger partial charge in [0.05, 0.1) is 5.52 Å². The van der Waals surface area contributed by atoms with E-state index in [1.807, 2.05) is 39.0 Å². The molecule has 1 aliphatic rings. The molecule has 1 aromatic carbocycles. The maximum atomic E-state index is 13.2. The van der Waals surface area contributed by atoms with Crippen LogP contribution in [-0.2, 0) is 9.47 Å². The number of carbonyl (C=O) groups excluding carboxylic acids is 3. The molecule has 0 spiro atoms. The molecule has 0 radical (unpaired) electrons. The van der Waals surface area contributed by atoms with Crippen LogP contribution in [0.15, 0.2) is 48.8 Å². The van der Waals surface area contributed by atoms with Gasteiger partial charge in [0.15, 0.2) is 5.69 Å². The number of hydrogen-bond acceptors (Lipinski definition) is 7. The first-order valence-corrected chi connectivity index (χ1v) is 12.5. The monoisotopic (exact) mass is 519 g/mol. The van der Waals surface area contributed by atoms with Gasteiger partial charge < -0.3 is 19.7 Å². The summed E-state index contributed by atoms with van der Waals surface area (Å²) in [7, 11) is 0. The minimum atomic E-state index is -0.734. The van der Waals surface area contributed by atoms with E-state index in [0.717, 1.165) is 15.8 Å². The summed E-state index contributed by atoms with van der Waals surface area (Å²) in [4.78, 5) is 44.2. The van der Waals surface area contributed by atoms with E-state index in [1.165, 1.54) is 0 Å². The third-order valence-electron chi connectivity index (χ3n) is 5.63. The van der Waals surface area contributed by atoms with Gasteiger partial charge in [0.2, 0.25) is 0 Å². The number of aromatic nitrogens is 3. The van der Waals surface area contributed by atoms with Gasteiger partial charge in [-0.2, -0.15) is 9.78 Å². The highest BCUT2D eigenvalue weighted by Gasteiger charge is 2.27. The standard InChI is InChI=1S/C28H33N5O5/c1-27(2,3)37-25(35)32-15-11-18(12-16-32)19-7-8-22-21(17-19)23(24(34)30-20-9-13-29-14-10-20)31-33(22)26(36)38-28(4,5)6/h7-11,13-14,17H,12,15-16H2,1-6H3,(H,29,30,34). The van der Waals surface area contributed by atoms with Crippen molar-refractivity contribution in [2.24, 2.45) is 0 Å². The lowest BCUT2D eigenvalue weighted by Gasteiger charge is -2.29. The fourth-order valence-corrected chi connectivity index (χ4v) is 3.98. The van der Waals surface area contributed by atoms with Gasteiger partial charge in [-0.1, -0.05) is 12.1 Å². The predicted octanol–water partition coefficient (Wildman–Crippen LogP) is 5.49. The summed E-state index contributed by atoms with van der Waals surface area (Å²) in [6.07, 6.45) is 4.70. The molecular weight excluding hydrogens is 486 g/mol. The highest BCUT2D eigenvalue weighted by atomic mass is 16.6. The topological polar surface area (TPSA) is 116 Å². The quantitative estimate of drug-likeness (QED) is 0.486. The Bertz CT molecular complexity index is 1400. The van der Waals surface area contributed by atoms with Crippen LogP contribution < -0.4 is 5.32 Å². The van der Waals surface area contributed by atoms with Crippen molar-refractivity contribution in [3.63, 3.8) is 0 Å². The van der Waals surface area contributed by atoms with Crippen LogP contribution in [0.3, 0.4) is 0 Å². The van der Waals surface area contributed by atoms with Crippen LogP contribution >= 0.6 is 0 Å². The summed E-state index contributed by atoms with van der Waals surface area (Å²) in [5.41, 5.74) is 1.71. The van der Waals surface area contributed by atoms with Crippen molar-refractivity contribution in [3.8, 4) is 0 Å². The Kier molecular flexibility index (Phi) is 7.26. The minimum absolute atomic E-state index is 0.0938. The second-order valence-corrected chi connectivity index (χ2v) is 11.1. The van der Waals surface area contributed by atoms with Crippen LogP contribution in [0, 0.1) is 0 Å². The minimum Gasteiger partial charge on any atom is -0.444 e. The number of hydrogen-bond donors (Lipinski definition) is 1. The lowest BCUT2D eigenvalue weighted by molar-refractivity contribution is 0.0270. The van der Waals surface area contributed by atoms with Crippen molar-refractivity contribution in [1.29, 1.82) is 0 Å². The number of nitrogens with zero attached hydrogens (tertiary/aromatic N) is 4. The molecule has 1 aliphatic heterocycles. The van der Waals surface area contributed by atoms with Gasteiger partial charge in [-0.3, -0.25) is 9.78 Å². The molecule has 0 unspecified atom stereocenters. The van der Waals surface area contributed by atoms with Crippen LogP contribution in [0.1, 0.15) is 64.0 Å². The lowest BCUT2D eigenvalue weighted by atomic mass is 9.98. The van der Waals surface area contributed by atoms with E-state index < -0.39 is 23.2 Å². The Balaban J connectivity index is 1.67. The number of pyridine rings is 1. The second-order valence-electron chi connectivity index (χ2n) is 11.1. The molecule has 10 heteroatoms. The van der Waals surface area contributed by atoms with Gasteiger partial charge in [-0.15, -0.1) is 0 Å². The van der Waals surface area contributed by atoms with Gasteiger partial charge in [-0.25, -0.2) is 9.59 Å². The van der Waals surface area contributed by atoms with Crippen LogP contribution in [0.2, 0.25) is 0 Å².